The number of pyridine rings is 1. The molecule has 1 heterocycles. The van der Waals surface area contributed by atoms with Crippen LogP contribution in [0, 0.1) is 12.3 Å². The van der Waals surface area contributed by atoms with Gasteiger partial charge in [0.1, 0.15) is 5.69 Å². The molecule has 72 valence electrons. The van der Waals surface area contributed by atoms with Crippen LogP contribution in [0.1, 0.15) is 32.2 Å². The number of nitrogens with two attached hydrogens (primary N) is 1. The van der Waals surface area contributed by atoms with Crippen molar-refractivity contribution >= 4 is 11.4 Å². The molecule has 0 aliphatic heterocycles. The van der Waals surface area contributed by atoms with Gasteiger partial charge < -0.3 is 11.1 Å². The quantitative estimate of drug-likeness (QED) is 0.650. The van der Waals surface area contributed by atoms with Gasteiger partial charge in [-0.15, -0.1) is 0 Å². The van der Waals surface area contributed by atoms with Gasteiger partial charge in [-0.25, -0.2) is 4.98 Å². The van der Waals surface area contributed by atoms with E-state index in [0.717, 1.165) is 5.69 Å². The lowest BCUT2D eigenvalue weighted by atomic mass is 10.2. The molecule has 13 heavy (non-hydrogen) atoms. The van der Waals surface area contributed by atoms with E-state index in [1.54, 1.807) is 13.0 Å². The summed E-state index contributed by atoms with van der Waals surface area (Å²) in [4.78, 5) is 4.12. The SMILES string of the molecule is CC.CC(=N)c1nc(C)ccc1N. The standard InChI is InChI=1S/C8H11N3.C2H6/c1-5-3-4-7(10)8(11-5)6(2)9;1-2/h3-4,9H,10H2,1-2H3;1-2H3. The normalized spacial score (nSPS) is 8.62. The van der Waals surface area contributed by atoms with E-state index in [-0.39, 0.29) is 0 Å². The highest BCUT2D eigenvalue weighted by Gasteiger charge is 2.01. The minimum absolute atomic E-state index is 0.409. The molecule has 0 radical (unpaired) electrons. The highest BCUT2D eigenvalue weighted by atomic mass is 14.8. The number of nitrogen functional groups attached to an aromatic ring is 1. The first-order valence-corrected chi connectivity index (χ1v) is 4.40. The maximum Gasteiger partial charge on any atom is 0.107 e. The molecule has 0 bridgehead atoms. The first kappa shape index (κ1) is 11.6. The Hall–Kier alpha value is -1.38. The number of hydrogen-bond acceptors (Lipinski definition) is 3. The van der Waals surface area contributed by atoms with E-state index in [2.05, 4.69) is 4.98 Å². The van der Waals surface area contributed by atoms with Crippen LogP contribution in [-0.4, -0.2) is 10.7 Å². The Morgan fingerprint density at radius 3 is 2.31 bits per heavy atom. The van der Waals surface area contributed by atoms with E-state index in [1.165, 1.54) is 0 Å². The summed E-state index contributed by atoms with van der Waals surface area (Å²) < 4.78 is 0. The van der Waals surface area contributed by atoms with Crippen LogP contribution in [0.5, 0.6) is 0 Å². The monoisotopic (exact) mass is 179 g/mol. The highest BCUT2D eigenvalue weighted by molar-refractivity contribution is 5.98. The molecule has 0 saturated heterocycles. The molecule has 3 N–H and O–H groups in total. The average molecular weight is 179 g/mol. The van der Waals surface area contributed by atoms with E-state index in [1.807, 2.05) is 26.8 Å². The average Bonchev–Trinajstić information content (AvgIpc) is 2.12. The van der Waals surface area contributed by atoms with Crippen molar-refractivity contribution < 1.29 is 0 Å². The first-order valence-electron chi connectivity index (χ1n) is 4.40. The zero-order valence-electron chi connectivity index (χ0n) is 8.68. The van der Waals surface area contributed by atoms with Crippen LogP contribution >= 0.6 is 0 Å². The van der Waals surface area contributed by atoms with Crippen LogP contribution in [0.25, 0.3) is 0 Å². The van der Waals surface area contributed by atoms with Gasteiger partial charge in [-0.05, 0) is 26.0 Å². The van der Waals surface area contributed by atoms with Crippen molar-refractivity contribution in [1.29, 1.82) is 5.41 Å². The minimum Gasteiger partial charge on any atom is -0.397 e. The Morgan fingerprint density at radius 1 is 1.38 bits per heavy atom. The molecule has 0 saturated carbocycles. The highest BCUT2D eigenvalue weighted by Crippen LogP contribution is 2.09. The van der Waals surface area contributed by atoms with E-state index in [4.69, 9.17) is 11.1 Å². The molecule has 1 aromatic rings. The molecule has 0 aliphatic carbocycles. The number of nitrogens with one attached hydrogen (secondary N) is 1. The number of hydrogen-bond donors (Lipinski definition) is 2. The van der Waals surface area contributed by atoms with Crippen molar-refractivity contribution in [3.63, 3.8) is 0 Å². The zero-order chi connectivity index (χ0) is 10.4. The fourth-order valence-corrected chi connectivity index (χ4v) is 0.868. The van der Waals surface area contributed by atoms with Crippen molar-refractivity contribution in [2.75, 3.05) is 5.73 Å². The molecule has 1 aromatic heterocycles. The summed E-state index contributed by atoms with van der Waals surface area (Å²) in [6.07, 6.45) is 0. The van der Waals surface area contributed by atoms with Gasteiger partial charge in [0.2, 0.25) is 0 Å². The number of rotatable bonds is 1. The predicted octanol–water partition coefficient (Wildman–Crippen LogP) is 2.39. The topological polar surface area (TPSA) is 62.8 Å². The van der Waals surface area contributed by atoms with Gasteiger partial charge in [0.05, 0.1) is 11.4 Å². The largest absolute Gasteiger partial charge is 0.397 e. The summed E-state index contributed by atoms with van der Waals surface area (Å²) in [5.41, 5.74) is 8.05. The second kappa shape index (κ2) is 5.30. The molecule has 0 aromatic carbocycles. The van der Waals surface area contributed by atoms with Gasteiger partial charge in [0.15, 0.2) is 0 Å². The minimum atomic E-state index is 0.409. The maximum absolute atomic E-state index is 7.33. The number of nitrogens with zero attached hydrogens (tertiary/aromatic N) is 1. The molecule has 0 unspecified atom stereocenters. The summed E-state index contributed by atoms with van der Waals surface area (Å²) in [7, 11) is 0. The summed E-state index contributed by atoms with van der Waals surface area (Å²) in [6, 6.07) is 3.61. The van der Waals surface area contributed by atoms with Gasteiger partial charge in [0.25, 0.3) is 0 Å². The second-order valence-electron chi connectivity index (χ2n) is 2.52. The Labute approximate surface area is 79.5 Å². The van der Waals surface area contributed by atoms with Crippen LogP contribution in [0.3, 0.4) is 0 Å². The molecular weight excluding hydrogens is 162 g/mol. The molecule has 0 amide bonds. The predicted molar refractivity (Wildman–Crippen MR) is 57.2 cm³/mol. The fraction of sp³-hybridized carbons (Fsp3) is 0.400. The third-order valence-electron chi connectivity index (χ3n) is 1.42. The van der Waals surface area contributed by atoms with Gasteiger partial charge in [0, 0.05) is 5.69 Å². The number of aromatic nitrogens is 1. The van der Waals surface area contributed by atoms with E-state index < -0.39 is 0 Å². The van der Waals surface area contributed by atoms with E-state index >= 15 is 0 Å². The first-order chi connectivity index (χ1) is 6.11. The van der Waals surface area contributed by atoms with Gasteiger partial charge in [-0.2, -0.15) is 0 Å². The van der Waals surface area contributed by atoms with Crippen LogP contribution in [0.15, 0.2) is 12.1 Å². The molecular formula is C10H17N3. The number of aryl methyl sites for hydroxylation is 1. The Morgan fingerprint density at radius 2 is 1.92 bits per heavy atom. The molecule has 0 spiro atoms. The third-order valence-corrected chi connectivity index (χ3v) is 1.42. The Bertz CT molecular complexity index is 292. The maximum atomic E-state index is 7.33. The molecule has 0 aliphatic rings. The van der Waals surface area contributed by atoms with Crippen molar-refractivity contribution in [3.8, 4) is 0 Å². The molecule has 3 nitrogen and oxygen atoms in total. The van der Waals surface area contributed by atoms with Crippen molar-refractivity contribution in [3.05, 3.63) is 23.5 Å². The van der Waals surface area contributed by atoms with Crippen LogP contribution < -0.4 is 5.73 Å². The lowest BCUT2D eigenvalue weighted by Gasteiger charge is -2.02. The van der Waals surface area contributed by atoms with Crippen LogP contribution in [0.2, 0.25) is 0 Å². The molecule has 0 atom stereocenters. The smallest absolute Gasteiger partial charge is 0.107 e. The summed E-state index contributed by atoms with van der Waals surface area (Å²) in [6.45, 7) is 7.56. The van der Waals surface area contributed by atoms with Gasteiger partial charge in [-0.3, -0.25) is 0 Å². The summed E-state index contributed by atoms with van der Waals surface area (Å²) in [5.74, 6) is 0. The van der Waals surface area contributed by atoms with Crippen LogP contribution in [-0.2, 0) is 0 Å². The lowest BCUT2D eigenvalue weighted by molar-refractivity contribution is 1.17. The van der Waals surface area contributed by atoms with Crippen molar-refractivity contribution in [1.82, 2.24) is 4.98 Å². The summed E-state index contributed by atoms with van der Waals surface area (Å²) >= 11 is 0. The second-order valence-corrected chi connectivity index (χ2v) is 2.52. The molecule has 0 fully saturated rings. The Balaban J connectivity index is 0.000000671. The van der Waals surface area contributed by atoms with Crippen molar-refractivity contribution in [2.45, 2.75) is 27.7 Å². The number of anilines is 1. The van der Waals surface area contributed by atoms with Crippen molar-refractivity contribution in [2.24, 2.45) is 0 Å². The van der Waals surface area contributed by atoms with E-state index in [0.29, 0.717) is 17.1 Å². The summed E-state index contributed by atoms with van der Waals surface area (Å²) in [5, 5.41) is 7.33. The van der Waals surface area contributed by atoms with Gasteiger partial charge >= 0.3 is 0 Å². The zero-order valence-corrected chi connectivity index (χ0v) is 8.68. The molecule has 1 rings (SSSR count). The molecule has 3 heteroatoms. The van der Waals surface area contributed by atoms with Crippen LogP contribution in [0.4, 0.5) is 5.69 Å². The van der Waals surface area contributed by atoms with E-state index in [9.17, 15) is 0 Å². The lowest BCUT2D eigenvalue weighted by Crippen LogP contribution is -2.03. The van der Waals surface area contributed by atoms with Gasteiger partial charge in [-0.1, -0.05) is 13.8 Å². The third kappa shape index (κ3) is 3.23. The Kier molecular flexibility index (Phi) is 4.74. The fourth-order valence-electron chi connectivity index (χ4n) is 0.868.